The Hall–Kier alpha value is -3.16. The lowest BCUT2D eigenvalue weighted by Crippen LogP contribution is -2.46. The lowest BCUT2D eigenvalue weighted by Gasteiger charge is -2.32. The number of nitrogens with one attached hydrogen (secondary N) is 2. The van der Waals surface area contributed by atoms with Gasteiger partial charge in [0.25, 0.3) is 5.91 Å². The summed E-state index contributed by atoms with van der Waals surface area (Å²) >= 11 is 0. The minimum Gasteiger partial charge on any atom is -0.357 e. The molecule has 192 valence electrons. The normalized spacial score (nSPS) is 15.7. The van der Waals surface area contributed by atoms with Gasteiger partial charge < -0.3 is 9.88 Å². The SMILES string of the molecule is O=C(c1ccc[nH]1)N1CCC(NS(=O)(=O)c2cc(S(=O)(=O)c3ccccc3)ccc2C(F)(F)F)CC1. The Kier molecular flexibility index (Phi) is 6.99. The molecule has 4 rings (SSSR count). The number of carbonyl (C=O) groups is 1. The number of hydrogen-bond donors (Lipinski definition) is 2. The third-order valence-electron chi connectivity index (χ3n) is 5.84. The van der Waals surface area contributed by atoms with Crippen molar-refractivity contribution in [2.24, 2.45) is 0 Å². The van der Waals surface area contributed by atoms with Crippen LogP contribution in [-0.2, 0) is 26.0 Å². The van der Waals surface area contributed by atoms with Gasteiger partial charge in [-0.1, -0.05) is 18.2 Å². The van der Waals surface area contributed by atoms with Crippen LogP contribution >= 0.6 is 0 Å². The molecule has 2 N–H and O–H groups in total. The van der Waals surface area contributed by atoms with Crippen molar-refractivity contribution < 1.29 is 34.8 Å². The van der Waals surface area contributed by atoms with Gasteiger partial charge in [0.1, 0.15) is 5.69 Å². The first-order valence-corrected chi connectivity index (χ1v) is 13.8. The Labute approximate surface area is 206 Å². The van der Waals surface area contributed by atoms with Crippen molar-refractivity contribution >= 4 is 25.8 Å². The van der Waals surface area contributed by atoms with Crippen molar-refractivity contribution in [3.8, 4) is 0 Å². The Morgan fingerprint density at radius 2 is 1.58 bits per heavy atom. The molecule has 8 nitrogen and oxygen atoms in total. The van der Waals surface area contributed by atoms with E-state index in [0.717, 1.165) is 6.07 Å². The number of amides is 1. The summed E-state index contributed by atoms with van der Waals surface area (Å²) in [6.45, 7) is 0.388. The molecule has 0 radical (unpaired) electrons. The number of sulfonamides is 1. The van der Waals surface area contributed by atoms with E-state index < -0.39 is 47.4 Å². The molecular weight excluding hydrogens is 519 g/mol. The molecule has 2 heterocycles. The topological polar surface area (TPSA) is 116 Å². The Balaban J connectivity index is 1.60. The number of halogens is 3. The van der Waals surface area contributed by atoms with Crippen molar-refractivity contribution in [1.29, 1.82) is 0 Å². The monoisotopic (exact) mass is 541 g/mol. The molecule has 0 bridgehead atoms. The van der Waals surface area contributed by atoms with E-state index in [4.69, 9.17) is 0 Å². The van der Waals surface area contributed by atoms with Crippen LogP contribution in [-0.4, -0.2) is 51.8 Å². The van der Waals surface area contributed by atoms with Gasteiger partial charge >= 0.3 is 6.18 Å². The van der Waals surface area contributed by atoms with Gasteiger partial charge in [-0.05, 0) is 55.3 Å². The van der Waals surface area contributed by atoms with Crippen LogP contribution in [0, 0.1) is 0 Å². The molecule has 0 saturated carbocycles. The zero-order valence-electron chi connectivity index (χ0n) is 18.7. The van der Waals surface area contributed by atoms with Crippen LogP contribution in [0.5, 0.6) is 0 Å². The molecule has 3 aromatic rings. The largest absolute Gasteiger partial charge is 0.417 e. The zero-order valence-corrected chi connectivity index (χ0v) is 20.3. The first kappa shape index (κ1) is 25.9. The number of rotatable bonds is 6. The molecule has 0 atom stereocenters. The summed E-state index contributed by atoms with van der Waals surface area (Å²) in [6, 6.07) is 11.3. The fourth-order valence-electron chi connectivity index (χ4n) is 3.98. The fourth-order valence-corrected chi connectivity index (χ4v) is 6.92. The predicted octanol–water partition coefficient (Wildman–Crippen LogP) is 3.45. The number of nitrogens with zero attached hydrogens (tertiary/aromatic N) is 1. The van der Waals surface area contributed by atoms with Crippen LogP contribution in [0.4, 0.5) is 13.2 Å². The molecule has 13 heteroatoms. The molecule has 2 aromatic carbocycles. The Bertz CT molecular complexity index is 1450. The summed E-state index contributed by atoms with van der Waals surface area (Å²) in [5, 5.41) is 0. The smallest absolute Gasteiger partial charge is 0.357 e. The highest BCUT2D eigenvalue weighted by molar-refractivity contribution is 7.91. The summed E-state index contributed by atoms with van der Waals surface area (Å²) in [5.74, 6) is -0.264. The van der Waals surface area contributed by atoms with E-state index in [1.165, 1.54) is 29.2 Å². The van der Waals surface area contributed by atoms with Crippen LogP contribution in [0.15, 0.2) is 81.5 Å². The van der Waals surface area contributed by atoms with Gasteiger partial charge in [0.2, 0.25) is 19.9 Å². The first-order valence-electron chi connectivity index (χ1n) is 10.9. The highest BCUT2D eigenvalue weighted by Gasteiger charge is 2.39. The molecule has 1 saturated heterocycles. The second kappa shape index (κ2) is 9.71. The second-order valence-corrected chi connectivity index (χ2v) is 11.9. The van der Waals surface area contributed by atoms with E-state index in [-0.39, 0.29) is 36.7 Å². The number of H-pyrrole nitrogens is 1. The van der Waals surface area contributed by atoms with Crippen molar-refractivity contribution in [2.75, 3.05) is 13.1 Å². The number of aromatic amines is 1. The third kappa shape index (κ3) is 5.32. The lowest BCUT2D eigenvalue weighted by atomic mass is 10.1. The van der Waals surface area contributed by atoms with Crippen molar-refractivity contribution in [3.63, 3.8) is 0 Å². The van der Waals surface area contributed by atoms with Crippen LogP contribution in [0.3, 0.4) is 0 Å². The molecule has 0 spiro atoms. The molecule has 1 aliphatic rings. The van der Waals surface area contributed by atoms with E-state index in [9.17, 15) is 34.8 Å². The third-order valence-corrected chi connectivity index (χ3v) is 9.17. The van der Waals surface area contributed by atoms with E-state index >= 15 is 0 Å². The van der Waals surface area contributed by atoms with E-state index in [1.807, 2.05) is 0 Å². The number of aromatic nitrogens is 1. The Morgan fingerprint density at radius 3 is 2.17 bits per heavy atom. The quantitative estimate of drug-likeness (QED) is 0.496. The maximum absolute atomic E-state index is 13.7. The van der Waals surface area contributed by atoms with E-state index in [0.29, 0.717) is 17.8 Å². The summed E-state index contributed by atoms with van der Waals surface area (Å²) < 4.78 is 95.4. The summed E-state index contributed by atoms with van der Waals surface area (Å²) in [4.78, 5) is 14.8. The van der Waals surface area contributed by atoms with Gasteiger partial charge in [0.15, 0.2) is 0 Å². The van der Waals surface area contributed by atoms with Crippen molar-refractivity contribution in [1.82, 2.24) is 14.6 Å². The average molecular weight is 542 g/mol. The number of likely N-dealkylation sites (tertiary alicyclic amines) is 1. The van der Waals surface area contributed by atoms with Crippen LogP contribution < -0.4 is 4.72 Å². The van der Waals surface area contributed by atoms with Crippen LogP contribution in [0.25, 0.3) is 0 Å². The highest BCUT2D eigenvalue weighted by atomic mass is 32.2. The zero-order chi connectivity index (χ0) is 26.1. The molecular formula is C23H22F3N3O5S2. The second-order valence-electron chi connectivity index (χ2n) is 8.24. The predicted molar refractivity (Wildman–Crippen MR) is 123 cm³/mol. The van der Waals surface area contributed by atoms with Crippen LogP contribution in [0.1, 0.15) is 28.9 Å². The molecule has 0 aliphatic carbocycles. The number of alkyl halides is 3. The number of sulfone groups is 1. The molecule has 36 heavy (non-hydrogen) atoms. The highest BCUT2D eigenvalue weighted by Crippen LogP contribution is 2.36. The van der Waals surface area contributed by atoms with Gasteiger partial charge in [0.05, 0.1) is 20.2 Å². The molecule has 1 aliphatic heterocycles. The lowest BCUT2D eigenvalue weighted by molar-refractivity contribution is -0.139. The Morgan fingerprint density at radius 1 is 0.917 bits per heavy atom. The van der Waals surface area contributed by atoms with Crippen molar-refractivity contribution in [3.05, 3.63) is 78.1 Å². The van der Waals surface area contributed by atoms with Gasteiger partial charge in [-0.25, -0.2) is 21.6 Å². The number of hydrogen-bond acceptors (Lipinski definition) is 5. The minimum absolute atomic E-state index is 0.176. The molecule has 1 fully saturated rings. The number of piperidine rings is 1. The van der Waals surface area contributed by atoms with E-state index in [2.05, 4.69) is 9.71 Å². The number of carbonyl (C=O) groups excluding carboxylic acids is 1. The maximum Gasteiger partial charge on any atom is 0.417 e. The minimum atomic E-state index is -5.04. The standard InChI is InChI=1S/C23H22F3N3O5S2/c24-23(25,26)19-9-8-18(35(31,32)17-5-2-1-3-6-17)15-21(19)36(33,34)28-16-10-13-29(14-11-16)22(30)20-7-4-12-27-20/h1-9,12,15-16,27-28H,10-11,13-14H2. The maximum atomic E-state index is 13.7. The summed E-state index contributed by atoms with van der Waals surface area (Å²) in [7, 11) is -9.03. The van der Waals surface area contributed by atoms with Gasteiger partial charge in [-0.3, -0.25) is 4.79 Å². The number of benzene rings is 2. The first-order chi connectivity index (χ1) is 16.9. The average Bonchev–Trinajstić information content (AvgIpc) is 3.38. The van der Waals surface area contributed by atoms with Gasteiger partial charge in [0, 0.05) is 25.3 Å². The fraction of sp³-hybridized carbons (Fsp3) is 0.261. The van der Waals surface area contributed by atoms with Crippen molar-refractivity contribution in [2.45, 2.75) is 39.7 Å². The van der Waals surface area contributed by atoms with Gasteiger partial charge in [-0.15, -0.1) is 0 Å². The van der Waals surface area contributed by atoms with Gasteiger partial charge in [-0.2, -0.15) is 13.2 Å². The van der Waals surface area contributed by atoms with E-state index in [1.54, 1.807) is 24.4 Å². The molecule has 1 amide bonds. The summed E-state index contributed by atoms with van der Waals surface area (Å²) in [6.07, 6.45) is -3.09. The molecule has 1 aromatic heterocycles. The van der Waals surface area contributed by atoms with Crippen LogP contribution in [0.2, 0.25) is 0 Å². The molecule has 0 unspecified atom stereocenters. The summed E-state index contributed by atoms with van der Waals surface area (Å²) in [5.41, 5.74) is -1.10.